The Hall–Kier alpha value is -1.43. The summed E-state index contributed by atoms with van der Waals surface area (Å²) < 4.78 is 0. The largest absolute Gasteiger partial charge is 0.320 e. The molecule has 0 aliphatic rings. The Labute approximate surface area is 75.9 Å². The second kappa shape index (κ2) is 3.99. The van der Waals surface area contributed by atoms with E-state index in [2.05, 4.69) is 20.5 Å². The number of rotatable bonds is 3. The number of nitrogens with two attached hydrogens (primary N) is 1. The van der Waals surface area contributed by atoms with Crippen LogP contribution in [0.15, 0.2) is 6.33 Å². The van der Waals surface area contributed by atoms with Gasteiger partial charge < -0.3 is 5.73 Å². The van der Waals surface area contributed by atoms with Crippen LogP contribution in [0.2, 0.25) is 0 Å². The van der Waals surface area contributed by atoms with Gasteiger partial charge in [0.25, 0.3) is 0 Å². The summed E-state index contributed by atoms with van der Waals surface area (Å²) in [7, 11) is 0. The molecule has 1 amide bonds. The molecule has 0 aromatic carbocycles. The number of carbonyl (C=O) groups excluding carboxylic acids is 1. The Bertz CT molecular complexity index is 268. The van der Waals surface area contributed by atoms with Gasteiger partial charge in [0.1, 0.15) is 6.33 Å². The van der Waals surface area contributed by atoms with Crippen LogP contribution in [0.3, 0.4) is 0 Å². The summed E-state index contributed by atoms with van der Waals surface area (Å²) in [5, 5.41) is 8.61. The van der Waals surface area contributed by atoms with Gasteiger partial charge in [0.05, 0.1) is 6.04 Å². The molecular formula is C7H13N5O. The first-order chi connectivity index (χ1) is 6.11. The molecule has 13 heavy (non-hydrogen) atoms. The van der Waals surface area contributed by atoms with Gasteiger partial charge in [-0.2, -0.15) is 10.1 Å². The van der Waals surface area contributed by atoms with Crippen molar-refractivity contribution in [2.75, 3.05) is 5.32 Å². The van der Waals surface area contributed by atoms with Crippen LogP contribution in [-0.2, 0) is 4.79 Å². The van der Waals surface area contributed by atoms with Crippen LogP contribution in [0.5, 0.6) is 0 Å². The number of nitrogens with one attached hydrogen (secondary N) is 2. The smallest absolute Gasteiger partial charge is 0.243 e. The van der Waals surface area contributed by atoms with Crippen molar-refractivity contribution in [1.82, 2.24) is 15.2 Å². The summed E-state index contributed by atoms with van der Waals surface area (Å²) in [6, 6.07) is -0.523. The SMILES string of the molecule is CC(C)[C@H](N)C(=O)Nc1ncn[nH]1. The van der Waals surface area contributed by atoms with Gasteiger partial charge in [-0.1, -0.05) is 13.8 Å². The van der Waals surface area contributed by atoms with E-state index in [9.17, 15) is 4.79 Å². The van der Waals surface area contributed by atoms with Crippen molar-refractivity contribution in [3.05, 3.63) is 6.33 Å². The van der Waals surface area contributed by atoms with Crippen LogP contribution >= 0.6 is 0 Å². The zero-order chi connectivity index (χ0) is 9.84. The van der Waals surface area contributed by atoms with E-state index in [4.69, 9.17) is 5.73 Å². The fourth-order valence-electron chi connectivity index (χ4n) is 0.768. The molecule has 1 aromatic rings. The highest BCUT2D eigenvalue weighted by Gasteiger charge is 2.17. The number of hydrogen-bond donors (Lipinski definition) is 3. The number of aromatic nitrogens is 3. The third-order valence-electron chi connectivity index (χ3n) is 1.68. The molecule has 0 fully saturated rings. The van der Waals surface area contributed by atoms with Gasteiger partial charge in [-0.05, 0) is 5.92 Å². The minimum atomic E-state index is -0.523. The lowest BCUT2D eigenvalue weighted by Crippen LogP contribution is -2.40. The van der Waals surface area contributed by atoms with Crippen LogP contribution in [-0.4, -0.2) is 27.1 Å². The number of aromatic amines is 1. The van der Waals surface area contributed by atoms with Gasteiger partial charge in [0.15, 0.2) is 0 Å². The lowest BCUT2D eigenvalue weighted by Gasteiger charge is -2.13. The first-order valence-corrected chi connectivity index (χ1v) is 4.03. The van der Waals surface area contributed by atoms with Crippen LogP contribution in [0.1, 0.15) is 13.8 Å². The molecule has 6 nitrogen and oxygen atoms in total. The number of carbonyl (C=O) groups is 1. The molecular weight excluding hydrogens is 170 g/mol. The van der Waals surface area contributed by atoms with Crippen molar-refractivity contribution >= 4 is 11.9 Å². The van der Waals surface area contributed by atoms with E-state index < -0.39 is 6.04 Å². The Morgan fingerprint density at radius 3 is 2.85 bits per heavy atom. The molecule has 1 aromatic heterocycles. The first kappa shape index (κ1) is 9.66. The van der Waals surface area contributed by atoms with Crippen molar-refractivity contribution in [3.8, 4) is 0 Å². The molecule has 1 heterocycles. The average molecular weight is 183 g/mol. The maximum Gasteiger partial charge on any atom is 0.243 e. The molecule has 0 saturated carbocycles. The third-order valence-corrected chi connectivity index (χ3v) is 1.68. The summed E-state index contributed by atoms with van der Waals surface area (Å²) in [4.78, 5) is 15.1. The summed E-state index contributed by atoms with van der Waals surface area (Å²) in [6.07, 6.45) is 1.32. The molecule has 4 N–H and O–H groups in total. The minimum absolute atomic E-state index is 0.0999. The molecule has 6 heteroatoms. The zero-order valence-corrected chi connectivity index (χ0v) is 7.61. The predicted molar refractivity (Wildman–Crippen MR) is 47.8 cm³/mol. The second-order valence-electron chi connectivity index (χ2n) is 3.09. The number of amides is 1. The summed E-state index contributed by atoms with van der Waals surface area (Å²) >= 11 is 0. The minimum Gasteiger partial charge on any atom is -0.320 e. The Morgan fingerprint density at radius 1 is 1.69 bits per heavy atom. The predicted octanol–water partition coefficient (Wildman–Crippen LogP) is -0.274. The monoisotopic (exact) mass is 183 g/mol. The zero-order valence-electron chi connectivity index (χ0n) is 7.61. The highest BCUT2D eigenvalue weighted by molar-refractivity contribution is 5.93. The van der Waals surface area contributed by atoms with E-state index in [1.165, 1.54) is 6.33 Å². The van der Waals surface area contributed by atoms with Crippen molar-refractivity contribution in [1.29, 1.82) is 0 Å². The van der Waals surface area contributed by atoms with E-state index in [0.717, 1.165) is 0 Å². The molecule has 0 spiro atoms. The number of nitrogens with zero attached hydrogens (tertiary/aromatic N) is 2. The van der Waals surface area contributed by atoms with E-state index in [0.29, 0.717) is 5.95 Å². The molecule has 1 atom stereocenters. The van der Waals surface area contributed by atoms with E-state index in [-0.39, 0.29) is 11.8 Å². The molecule has 1 rings (SSSR count). The molecule has 0 radical (unpaired) electrons. The quantitative estimate of drug-likeness (QED) is 0.600. The molecule has 0 unspecified atom stereocenters. The van der Waals surface area contributed by atoms with Gasteiger partial charge >= 0.3 is 0 Å². The lowest BCUT2D eigenvalue weighted by molar-refractivity contribution is -0.118. The summed E-state index contributed by atoms with van der Waals surface area (Å²) in [5.74, 6) is 0.163. The Balaban J connectivity index is 2.51. The highest BCUT2D eigenvalue weighted by atomic mass is 16.2. The molecule has 0 aliphatic heterocycles. The highest BCUT2D eigenvalue weighted by Crippen LogP contribution is 2.01. The van der Waals surface area contributed by atoms with Gasteiger partial charge in [-0.3, -0.25) is 10.1 Å². The Kier molecular flexibility index (Phi) is 2.97. The number of hydrogen-bond acceptors (Lipinski definition) is 4. The van der Waals surface area contributed by atoms with E-state index in [1.54, 1.807) is 0 Å². The van der Waals surface area contributed by atoms with Crippen LogP contribution in [0, 0.1) is 5.92 Å². The topological polar surface area (TPSA) is 96.7 Å². The van der Waals surface area contributed by atoms with Gasteiger partial charge in [-0.15, -0.1) is 0 Å². The lowest BCUT2D eigenvalue weighted by atomic mass is 10.1. The Morgan fingerprint density at radius 2 is 2.38 bits per heavy atom. The normalized spacial score (nSPS) is 12.9. The summed E-state index contributed by atoms with van der Waals surface area (Å²) in [5.41, 5.74) is 5.60. The van der Waals surface area contributed by atoms with Crippen LogP contribution in [0.25, 0.3) is 0 Å². The fraction of sp³-hybridized carbons (Fsp3) is 0.571. The second-order valence-corrected chi connectivity index (χ2v) is 3.09. The molecule has 0 saturated heterocycles. The van der Waals surface area contributed by atoms with Crippen molar-refractivity contribution in [2.24, 2.45) is 11.7 Å². The van der Waals surface area contributed by atoms with Crippen molar-refractivity contribution in [2.45, 2.75) is 19.9 Å². The fourth-order valence-corrected chi connectivity index (χ4v) is 0.768. The summed E-state index contributed by atoms with van der Waals surface area (Å²) in [6.45, 7) is 3.76. The maximum absolute atomic E-state index is 11.3. The van der Waals surface area contributed by atoms with Crippen molar-refractivity contribution in [3.63, 3.8) is 0 Å². The van der Waals surface area contributed by atoms with Crippen LogP contribution < -0.4 is 11.1 Å². The standard InChI is InChI=1S/C7H13N5O/c1-4(2)5(8)6(13)11-7-9-3-10-12-7/h3-5H,8H2,1-2H3,(H2,9,10,11,12,13)/t5-/m0/s1. The number of anilines is 1. The van der Waals surface area contributed by atoms with Gasteiger partial charge in [-0.25, -0.2) is 5.10 Å². The molecule has 0 bridgehead atoms. The van der Waals surface area contributed by atoms with E-state index in [1.807, 2.05) is 13.8 Å². The van der Waals surface area contributed by atoms with Crippen molar-refractivity contribution < 1.29 is 4.79 Å². The molecule has 72 valence electrons. The van der Waals surface area contributed by atoms with Gasteiger partial charge in [0.2, 0.25) is 11.9 Å². The molecule has 0 aliphatic carbocycles. The average Bonchev–Trinajstić information content (AvgIpc) is 2.55. The maximum atomic E-state index is 11.3. The van der Waals surface area contributed by atoms with Crippen LogP contribution in [0.4, 0.5) is 5.95 Å². The number of H-pyrrole nitrogens is 1. The first-order valence-electron chi connectivity index (χ1n) is 4.03. The van der Waals surface area contributed by atoms with E-state index >= 15 is 0 Å². The van der Waals surface area contributed by atoms with Gasteiger partial charge in [0, 0.05) is 0 Å². The third kappa shape index (κ3) is 2.51.